The van der Waals surface area contributed by atoms with Crippen LogP contribution in [0.1, 0.15) is 28.4 Å². The number of fused-ring (bicyclic) bond motifs is 1. The van der Waals surface area contributed by atoms with E-state index in [9.17, 15) is 5.11 Å². The lowest BCUT2D eigenvalue weighted by Gasteiger charge is -2.14. The van der Waals surface area contributed by atoms with E-state index in [0.717, 1.165) is 27.6 Å². The molecule has 3 heteroatoms. The Bertz CT molecular complexity index is 776. The zero-order chi connectivity index (χ0) is 14.3. The molecule has 1 atom stereocenters. The Morgan fingerprint density at radius 1 is 1.05 bits per heavy atom. The molecule has 1 heterocycles. The van der Waals surface area contributed by atoms with Crippen molar-refractivity contribution in [3.63, 3.8) is 0 Å². The van der Waals surface area contributed by atoms with E-state index in [-0.39, 0.29) is 0 Å². The molecule has 0 amide bonds. The summed E-state index contributed by atoms with van der Waals surface area (Å²) in [5.74, 6) is 0. The monoisotopic (exact) mass is 302 g/mol. The number of aliphatic hydroxyl groups excluding tert-OH is 1. The topological polar surface area (TPSA) is 20.2 Å². The van der Waals surface area contributed by atoms with Gasteiger partial charge < -0.3 is 5.11 Å². The molecule has 1 unspecified atom stereocenters. The quantitative estimate of drug-likeness (QED) is 0.685. The van der Waals surface area contributed by atoms with Crippen LogP contribution in [0.25, 0.3) is 10.1 Å². The minimum absolute atomic E-state index is 0.621. The van der Waals surface area contributed by atoms with Gasteiger partial charge in [0.15, 0.2) is 0 Å². The van der Waals surface area contributed by atoms with Crippen molar-refractivity contribution < 1.29 is 5.11 Å². The first-order valence-electron chi connectivity index (χ1n) is 6.49. The maximum absolute atomic E-state index is 10.7. The van der Waals surface area contributed by atoms with E-state index in [1.807, 2.05) is 49.6 Å². The first kappa shape index (κ1) is 13.6. The molecule has 0 saturated carbocycles. The van der Waals surface area contributed by atoms with Gasteiger partial charge in [0.05, 0.1) is 0 Å². The number of hydrogen-bond acceptors (Lipinski definition) is 2. The fourth-order valence-corrected chi connectivity index (χ4v) is 3.69. The lowest BCUT2D eigenvalue weighted by Crippen LogP contribution is -2.01. The molecule has 0 radical (unpaired) electrons. The fraction of sp³-hybridized carbons (Fsp3) is 0.176. The van der Waals surface area contributed by atoms with Gasteiger partial charge >= 0.3 is 0 Å². The molecular weight excluding hydrogens is 288 g/mol. The molecule has 20 heavy (non-hydrogen) atoms. The highest BCUT2D eigenvalue weighted by molar-refractivity contribution is 7.17. The summed E-state index contributed by atoms with van der Waals surface area (Å²) in [6.07, 6.45) is -0.682. The van der Waals surface area contributed by atoms with Gasteiger partial charge in [-0.2, -0.15) is 0 Å². The van der Waals surface area contributed by atoms with Crippen molar-refractivity contribution in [2.75, 3.05) is 0 Å². The van der Waals surface area contributed by atoms with Gasteiger partial charge in [0, 0.05) is 20.8 Å². The summed E-state index contributed by atoms with van der Waals surface area (Å²) < 4.78 is 1.18. The summed E-state index contributed by atoms with van der Waals surface area (Å²) in [6.45, 7) is 4.06. The van der Waals surface area contributed by atoms with Crippen LogP contribution in [-0.4, -0.2) is 5.11 Å². The lowest BCUT2D eigenvalue weighted by molar-refractivity contribution is 0.222. The second kappa shape index (κ2) is 5.21. The fourth-order valence-electron chi connectivity index (χ4n) is 2.39. The molecule has 1 N–H and O–H groups in total. The summed E-state index contributed by atoms with van der Waals surface area (Å²) in [5, 5.41) is 14.4. The second-order valence-corrected chi connectivity index (χ2v) is 6.37. The third kappa shape index (κ3) is 2.24. The van der Waals surface area contributed by atoms with Crippen molar-refractivity contribution in [2.45, 2.75) is 20.0 Å². The highest BCUT2D eigenvalue weighted by Crippen LogP contribution is 2.36. The molecule has 0 aliphatic heterocycles. The van der Waals surface area contributed by atoms with Crippen LogP contribution in [0.2, 0.25) is 5.02 Å². The number of rotatable bonds is 2. The Morgan fingerprint density at radius 2 is 1.75 bits per heavy atom. The van der Waals surface area contributed by atoms with Crippen molar-refractivity contribution >= 4 is 33.0 Å². The Hall–Kier alpha value is -1.35. The Balaban J connectivity index is 2.13. The molecule has 0 bridgehead atoms. The molecule has 0 aliphatic rings. The SMILES string of the molecule is Cc1cc(Cl)c(C(O)c2csc3ccccc23)cc1C. The Morgan fingerprint density at radius 3 is 2.55 bits per heavy atom. The molecule has 0 aliphatic carbocycles. The second-order valence-electron chi connectivity index (χ2n) is 5.05. The maximum atomic E-state index is 10.7. The zero-order valence-corrected chi connectivity index (χ0v) is 12.9. The molecule has 102 valence electrons. The van der Waals surface area contributed by atoms with Crippen molar-refractivity contribution in [1.29, 1.82) is 0 Å². The van der Waals surface area contributed by atoms with Crippen LogP contribution in [0.3, 0.4) is 0 Å². The third-order valence-electron chi connectivity index (χ3n) is 3.71. The number of hydrogen-bond donors (Lipinski definition) is 1. The van der Waals surface area contributed by atoms with Crippen LogP contribution >= 0.6 is 22.9 Å². The highest BCUT2D eigenvalue weighted by Gasteiger charge is 2.18. The summed E-state index contributed by atoms with van der Waals surface area (Å²) in [7, 11) is 0. The van der Waals surface area contributed by atoms with Crippen LogP contribution in [0.5, 0.6) is 0 Å². The minimum atomic E-state index is -0.682. The van der Waals surface area contributed by atoms with Gasteiger partial charge in [0.2, 0.25) is 0 Å². The smallest absolute Gasteiger partial charge is 0.107 e. The number of benzene rings is 2. The normalized spacial score (nSPS) is 12.8. The molecule has 3 aromatic rings. The molecule has 0 saturated heterocycles. The van der Waals surface area contributed by atoms with Crippen molar-refractivity contribution in [3.05, 3.63) is 69.1 Å². The van der Waals surface area contributed by atoms with Crippen LogP contribution in [0, 0.1) is 13.8 Å². The van der Waals surface area contributed by atoms with Gasteiger partial charge in [0.25, 0.3) is 0 Å². The highest BCUT2D eigenvalue weighted by atomic mass is 35.5. The van der Waals surface area contributed by atoms with Crippen molar-refractivity contribution in [3.8, 4) is 0 Å². The molecule has 1 nitrogen and oxygen atoms in total. The predicted molar refractivity (Wildman–Crippen MR) is 86.8 cm³/mol. The molecule has 3 rings (SSSR count). The van der Waals surface area contributed by atoms with Crippen LogP contribution in [0.4, 0.5) is 0 Å². The van der Waals surface area contributed by atoms with Crippen molar-refractivity contribution in [2.24, 2.45) is 0 Å². The average Bonchev–Trinajstić information content (AvgIpc) is 2.86. The van der Waals surface area contributed by atoms with Gasteiger partial charge in [-0.1, -0.05) is 35.9 Å². The standard InChI is InChI=1S/C17H15ClOS/c1-10-7-13(15(18)8-11(10)2)17(19)14-9-20-16-6-4-3-5-12(14)16/h3-9,17,19H,1-2H3. The average molecular weight is 303 g/mol. The first-order chi connectivity index (χ1) is 9.58. The van der Waals surface area contributed by atoms with Gasteiger partial charge in [0.1, 0.15) is 6.10 Å². The van der Waals surface area contributed by atoms with E-state index in [2.05, 4.69) is 6.07 Å². The third-order valence-corrected chi connectivity index (χ3v) is 5.02. The maximum Gasteiger partial charge on any atom is 0.107 e. The van der Waals surface area contributed by atoms with Crippen LogP contribution in [0.15, 0.2) is 41.8 Å². The van der Waals surface area contributed by atoms with E-state index in [0.29, 0.717) is 5.02 Å². The van der Waals surface area contributed by atoms with Gasteiger partial charge in [-0.25, -0.2) is 0 Å². The van der Waals surface area contributed by atoms with E-state index in [4.69, 9.17) is 11.6 Å². The molecule has 1 aromatic heterocycles. The largest absolute Gasteiger partial charge is 0.384 e. The Kier molecular flexibility index (Phi) is 3.55. The summed E-state index contributed by atoms with van der Waals surface area (Å²) in [6, 6.07) is 12.0. The number of aliphatic hydroxyl groups is 1. The van der Waals surface area contributed by atoms with Crippen LogP contribution in [-0.2, 0) is 0 Å². The number of aryl methyl sites for hydroxylation is 2. The first-order valence-corrected chi connectivity index (χ1v) is 7.74. The Labute approximate surface area is 127 Å². The van der Waals surface area contributed by atoms with Crippen LogP contribution < -0.4 is 0 Å². The lowest BCUT2D eigenvalue weighted by atomic mass is 9.97. The molecular formula is C17H15ClOS. The zero-order valence-electron chi connectivity index (χ0n) is 11.4. The van der Waals surface area contributed by atoms with Gasteiger partial charge in [-0.3, -0.25) is 0 Å². The molecule has 0 spiro atoms. The van der Waals surface area contributed by atoms with Gasteiger partial charge in [-0.05, 0) is 47.9 Å². The van der Waals surface area contributed by atoms with E-state index in [1.54, 1.807) is 11.3 Å². The van der Waals surface area contributed by atoms with Gasteiger partial charge in [-0.15, -0.1) is 11.3 Å². The minimum Gasteiger partial charge on any atom is -0.384 e. The predicted octanol–water partition coefficient (Wildman–Crippen LogP) is 5.25. The summed E-state index contributed by atoms with van der Waals surface area (Å²) in [4.78, 5) is 0. The van der Waals surface area contributed by atoms with E-state index < -0.39 is 6.10 Å². The number of halogens is 1. The van der Waals surface area contributed by atoms with E-state index >= 15 is 0 Å². The summed E-state index contributed by atoms with van der Waals surface area (Å²) >= 11 is 7.95. The number of thiophene rings is 1. The molecule has 0 fully saturated rings. The molecule has 2 aromatic carbocycles. The van der Waals surface area contributed by atoms with E-state index in [1.165, 1.54) is 4.70 Å². The summed E-state index contributed by atoms with van der Waals surface area (Å²) in [5.41, 5.74) is 3.98. The van der Waals surface area contributed by atoms with Crippen molar-refractivity contribution in [1.82, 2.24) is 0 Å².